The predicted octanol–water partition coefficient (Wildman–Crippen LogP) is 4.71. The van der Waals surface area contributed by atoms with Crippen molar-refractivity contribution in [1.29, 1.82) is 0 Å². The molecule has 2 aromatic carbocycles. The lowest BCUT2D eigenvalue weighted by molar-refractivity contribution is -0.128. The molecule has 0 N–H and O–H groups in total. The van der Waals surface area contributed by atoms with Crippen LogP contribution in [0.1, 0.15) is 16.6 Å². The molecule has 30 heavy (non-hydrogen) atoms. The smallest absolute Gasteiger partial charge is 0.234 e. The zero-order valence-electron chi connectivity index (χ0n) is 16.3. The Morgan fingerprint density at radius 1 is 0.933 bits per heavy atom. The highest BCUT2D eigenvalue weighted by Crippen LogP contribution is 2.43. The molecule has 1 saturated heterocycles. The van der Waals surface area contributed by atoms with E-state index < -0.39 is 0 Å². The number of rotatable bonds is 5. The SMILES string of the molecule is O=C1CSC(c2cn(-c3ccccc3)nc2-c2ccccc2)N1Cc1ccccn1. The Morgan fingerprint density at radius 2 is 1.67 bits per heavy atom. The van der Waals surface area contributed by atoms with E-state index in [4.69, 9.17) is 5.10 Å². The van der Waals surface area contributed by atoms with Gasteiger partial charge in [-0.2, -0.15) is 5.10 Å². The topological polar surface area (TPSA) is 51.0 Å². The van der Waals surface area contributed by atoms with E-state index in [1.807, 2.05) is 76.3 Å². The number of thioether (sulfide) groups is 1. The van der Waals surface area contributed by atoms with Gasteiger partial charge in [-0.25, -0.2) is 4.68 Å². The third kappa shape index (κ3) is 3.62. The second-order valence-electron chi connectivity index (χ2n) is 7.09. The van der Waals surface area contributed by atoms with E-state index in [1.165, 1.54) is 0 Å². The lowest BCUT2D eigenvalue weighted by atomic mass is 10.1. The normalized spacial score (nSPS) is 16.2. The summed E-state index contributed by atoms with van der Waals surface area (Å²) >= 11 is 1.64. The Labute approximate surface area is 179 Å². The molecule has 1 aliphatic heterocycles. The van der Waals surface area contributed by atoms with Crippen molar-refractivity contribution in [3.63, 3.8) is 0 Å². The maximum Gasteiger partial charge on any atom is 0.234 e. The summed E-state index contributed by atoms with van der Waals surface area (Å²) in [6.45, 7) is 0.488. The molecule has 148 valence electrons. The molecular weight excluding hydrogens is 392 g/mol. The summed E-state index contributed by atoms with van der Waals surface area (Å²) in [5.41, 5.74) is 4.86. The minimum Gasteiger partial charge on any atom is -0.320 e. The van der Waals surface area contributed by atoms with E-state index in [2.05, 4.69) is 23.3 Å². The summed E-state index contributed by atoms with van der Waals surface area (Å²) in [7, 11) is 0. The molecule has 1 fully saturated rings. The Bertz CT molecular complexity index is 1150. The van der Waals surface area contributed by atoms with Gasteiger partial charge in [-0.3, -0.25) is 9.78 Å². The standard InChI is InChI=1S/C24H20N4OS/c29-22-17-30-24(27(22)15-19-11-7-8-14-25-19)21-16-28(20-12-5-2-6-13-20)26-23(21)18-9-3-1-4-10-18/h1-14,16,24H,15,17H2. The molecule has 2 aromatic heterocycles. The van der Waals surface area contributed by atoms with E-state index in [9.17, 15) is 4.79 Å². The summed E-state index contributed by atoms with van der Waals surface area (Å²) in [4.78, 5) is 19.1. The maximum atomic E-state index is 12.7. The van der Waals surface area contributed by atoms with Crippen LogP contribution in [0.5, 0.6) is 0 Å². The number of aromatic nitrogens is 3. The van der Waals surface area contributed by atoms with E-state index in [0.29, 0.717) is 12.3 Å². The molecule has 5 rings (SSSR count). The van der Waals surface area contributed by atoms with Crippen LogP contribution in [-0.4, -0.2) is 31.3 Å². The first-order chi connectivity index (χ1) is 14.8. The second kappa shape index (κ2) is 8.16. The lowest BCUT2D eigenvalue weighted by Crippen LogP contribution is -2.28. The van der Waals surface area contributed by atoms with Crippen molar-refractivity contribution in [2.45, 2.75) is 11.9 Å². The van der Waals surface area contributed by atoms with Gasteiger partial charge in [0, 0.05) is 23.5 Å². The summed E-state index contributed by atoms with van der Waals surface area (Å²) in [6.07, 6.45) is 3.82. The van der Waals surface area contributed by atoms with Gasteiger partial charge < -0.3 is 4.90 Å². The molecular formula is C24H20N4OS. The minimum atomic E-state index is -0.104. The highest BCUT2D eigenvalue weighted by molar-refractivity contribution is 8.00. The summed E-state index contributed by atoms with van der Waals surface area (Å²) in [5.74, 6) is 0.588. The Hall–Kier alpha value is -3.38. The van der Waals surface area contributed by atoms with E-state index in [0.717, 1.165) is 28.2 Å². The number of para-hydroxylation sites is 1. The van der Waals surface area contributed by atoms with Gasteiger partial charge in [0.1, 0.15) is 5.37 Å². The lowest BCUT2D eigenvalue weighted by Gasteiger charge is -2.23. The van der Waals surface area contributed by atoms with Crippen LogP contribution in [0.4, 0.5) is 0 Å². The van der Waals surface area contributed by atoms with Crippen molar-refractivity contribution < 1.29 is 4.79 Å². The number of nitrogens with zero attached hydrogens (tertiary/aromatic N) is 4. The average Bonchev–Trinajstić information content (AvgIpc) is 3.40. The Kier molecular flexibility index (Phi) is 5.07. The predicted molar refractivity (Wildman–Crippen MR) is 119 cm³/mol. The van der Waals surface area contributed by atoms with Gasteiger partial charge in [-0.15, -0.1) is 11.8 Å². The van der Waals surface area contributed by atoms with Crippen molar-refractivity contribution in [2.24, 2.45) is 0 Å². The molecule has 4 aromatic rings. The number of hydrogen-bond donors (Lipinski definition) is 0. The van der Waals surface area contributed by atoms with Gasteiger partial charge in [-0.1, -0.05) is 54.6 Å². The summed E-state index contributed by atoms with van der Waals surface area (Å²) in [6, 6.07) is 26.0. The van der Waals surface area contributed by atoms with Crippen molar-refractivity contribution in [3.05, 3.63) is 103 Å². The Morgan fingerprint density at radius 3 is 2.40 bits per heavy atom. The van der Waals surface area contributed by atoms with Gasteiger partial charge in [0.25, 0.3) is 0 Å². The maximum absolute atomic E-state index is 12.7. The zero-order valence-corrected chi connectivity index (χ0v) is 17.1. The molecule has 1 unspecified atom stereocenters. The quantitative estimate of drug-likeness (QED) is 0.476. The van der Waals surface area contributed by atoms with Crippen LogP contribution >= 0.6 is 11.8 Å². The first-order valence-electron chi connectivity index (χ1n) is 9.81. The highest BCUT2D eigenvalue weighted by atomic mass is 32.2. The number of pyridine rings is 1. The molecule has 0 spiro atoms. The van der Waals surface area contributed by atoms with Crippen molar-refractivity contribution in [1.82, 2.24) is 19.7 Å². The monoisotopic (exact) mass is 412 g/mol. The summed E-state index contributed by atoms with van der Waals surface area (Å²) < 4.78 is 1.90. The third-order valence-corrected chi connectivity index (χ3v) is 6.34. The fourth-order valence-electron chi connectivity index (χ4n) is 3.65. The molecule has 1 amide bonds. The molecule has 1 atom stereocenters. The van der Waals surface area contributed by atoms with E-state index in [-0.39, 0.29) is 11.3 Å². The van der Waals surface area contributed by atoms with Crippen LogP contribution in [0.3, 0.4) is 0 Å². The molecule has 0 bridgehead atoms. The van der Waals surface area contributed by atoms with Crippen molar-refractivity contribution in [2.75, 3.05) is 5.75 Å². The fourth-order valence-corrected chi connectivity index (χ4v) is 4.84. The first kappa shape index (κ1) is 18.6. The number of amides is 1. The number of carbonyl (C=O) groups is 1. The average molecular weight is 413 g/mol. The van der Waals surface area contributed by atoms with Crippen molar-refractivity contribution in [3.8, 4) is 16.9 Å². The highest BCUT2D eigenvalue weighted by Gasteiger charge is 2.36. The van der Waals surface area contributed by atoms with Gasteiger partial charge in [0.05, 0.1) is 29.4 Å². The van der Waals surface area contributed by atoms with Crippen LogP contribution in [0.2, 0.25) is 0 Å². The number of hydrogen-bond acceptors (Lipinski definition) is 4. The van der Waals surface area contributed by atoms with Crippen LogP contribution in [0.25, 0.3) is 16.9 Å². The second-order valence-corrected chi connectivity index (χ2v) is 8.15. The van der Waals surface area contributed by atoms with Crippen LogP contribution in [-0.2, 0) is 11.3 Å². The van der Waals surface area contributed by atoms with Gasteiger partial charge in [0.15, 0.2) is 0 Å². The van der Waals surface area contributed by atoms with Crippen LogP contribution < -0.4 is 0 Å². The fraction of sp³-hybridized carbons (Fsp3) is 0.125. The molecule has 6 heteroatoms. The third-order valence-electron chi connectivity index (χ3n) is 5.10. The number of benzene rings is 2. The van der Waals surface area contributed by atoms with Gasteiger partial charge >= 0.3 is 0 Å². The Balaban J connectivity index is 1.58. The number of carbonyl (C=O) groups excluding carboxylic acids is 1. The van der Waals surface area contributed by atoms with E-state index in [1.54, 1.807) is 18.0 Å². The molecule has 0 aliphatic carbocycles. The molecule has 3 heterocycles. The molecule has 0 saturated carbocycles. The summed E-state index contributed by atoms with van der Waals surface area (Å²) in [5, 5.41) is 4.81. The minimum absolute atomic E-state index is 0.104. The molecule has 0 radical (unpaired) electrons. The van der Waals surface area contributed by atoms with Gasteiger partial charge in [0.2, 0.25) is 5.91 Å². The molecule has 5 nitrogen and oxygen atoms in total. The van der Waals surface area contributed by atoms with Gasteiger partial charge in [-0.05, 0) is 24.3 Å². The first-order valence-corrected chi connectivity index (χ1v) is 10.9. The van der Waals surface area contributed by atoms with Crippen LogP contribution in [0.15, 0.2) is 91.3 Å². The largest absolute Gasteiger partial charge is 0.320 e. The molecule has 1 aliphatic rings. The van der Waals surface area contributed by atoms with E-state index >= 15 is 0 Å². The van der Waals surface area contributed by atoms with Crippen LogP contribution in [0, 0.1) is 0 Å². The zero-order chi connectivity index (χ0) is 20.3. The van der Waals surface area contributed by atoms with Crippen molar-refractivity contribution >= 4 is 17.7 Å².